The number of anilines is 1. The molecular formula is C28H39ClN6O2S. The summed E-state index contributed by atoms with van der Waals surface area (Å²) in [5.74, 6) is 0.975. The van der Waals surface area contributed by atoms with Crippen molar-refractivity contribution in [1.82, 2.24) is 25.1 Å². The van der Waals surface area contributed by atoms with Crippen LogP contribution in [0.4, 0.5) is 5.82 Å². The molecule has 1 aromatic heterocycles. The van der Waals surface area contributed by atoms with Gasteiger partial charge in [-0.15, -0.1) is 0 Å². The summed E-state index contributed by atoms with van der Waals surface area (Å²) in [5.41, 5.74) is 1.97. The first-order valence-electron chi connectivity index (χ1n) is 13.4. The number of nitrogens with one attached hydrogen (secondary N) is 1. The van der Waals surface area contributed by atoms with Crippen molar-refractivity contribution in [3.05, 3.63) is 46.6 Å². The quantitative estimate of drug-likeness (QED) is 0.297. The van der Waals surface area contributed by atoms with Crippen LogP contribution in [-0.4, -0.2) is 89.2 Å². The summed E-state index contributed by atoms with van der Waals surface area (Å²) in [6.07, 6.45) is 2.49. The smallest absolute Gasteiger partial charge is 0.254 e. The van der Waals surface area contributed by atoms with E-state index in [0.717, 1.165) is 25.5 Å². The lowest BCUT2D eigenvalue weighted by atomic mass is 9.86. The van der Waals surface area contributed by atoms with Crippen molar-refractivity contribution in [2.75, 3.05) is 56.5 Å². The molecule has 2 amide bonds. The number of carbonyl (C=O) groups is 2. The number of piperazine rings is 1. The van der Waals surface area contributed by atoms with Gasteiger partial charge >= 0.3 is 0 Å². The van der Waals surface area contributed by atoms with Gasteiger partial charge in [-0.05, 0) is 56.0 Å². The molecule has 2 aliphatic rings. The Morgan fingerprint density at radius 2 is 1.79 bits per heavy atom. The minimum atomic E-state index is -0.0318. The molecule has 2 aliphatic heterocycles. The maximum atomic E-state index is 13.2. The normalized spacial score (nSPS) is 18.6. The number of likely N-dealkylation sites (tertiary alicyclic amines) is 1. The number of amides is 2. The van der Waals surface area contributed by atoms with Gasteiger partial charge in [-0.25, -0.2) is 9.97 Å². The van der Waals surface area contributed by atoms with E-state index in [0.29, 0.717) is 42.1 Å². The Bertz CT molecular complexity index is 1120. The summed E-state index contributed by atoms with van der Waals surface area (Å²) in [5, 5.41) is 3.80. The van der Waals surface area contributed by atoms with E-state index in [1.165, 1.54) is 30.2 Å². The maximum absolute atomic E-state index is 13.2. The largest absolute Gasteiger partial charge is 0.354 e. The zero-order chi connectivity index (χ0) is 27.3. The molecule has 2 saturated heterocycles. The molecule has 0 spiro atoms. The first-order valence-corrected chi connectivity index (χ1v) is 14.8. The summed E-state index contributed by atoms with van der Waals surface area (Å²) in [6.45, 7) is 14.2. The summed E-state index contributed by atoms with van der Waals surface area (Å²) < 4.78 is 0. The number of hydrogen-bond acceptors (Lipinski definition) is 7. The molecule has 0 radical (unpaired) electrons. The van der Waals surface area contributed by atoms with Crippen molar-refractivity contribution in [1.29, 1.82) is 0 Å². The Morgan fingerprint density at radius 3 is 2.45 bits per heavy atom. The topological polar surface area (TPSA) is 81.7 Å². The lowest BCUT2D eigenvalue weighted by molar-refractivity contribution is -0.118. The van der Waals surface area contributed by atoms with E-state index >= 15 is 0 Å². The SMILES string of the molecule is CC1CN(c2cc(Cl)nc(SCC(=O)NCCN3CCCC3)n2)CCN1C(=O)c1ccc(C(C)(C)C)cc1. The number of hydrogen-bond donors (Lipinski definition) is 1. The fraction of sp³-hybridized carbons (Fsp3) is 0.571. The number of aromatic nitrogens is 2. The van der Waals surface area contributed by atoms with Crippen molar-refractivity contribution in [2.45, 2.75) is 57.1 Å². The van der Waals surface area contributed by atoms with E-state index in [1.54, 1.807) is 6.07 Å². The average molecular weight is 559 g/mol. The van der Waals surface area contributed by atoms with Crippen LogP contribution in [-0.2, 0) is 10.2 Å². The van der Waals surface area contributed by atoms with Crippen LogP contribution in [0.15, 0.2) is 35.5 Å². The van der Waals surface area contributed by atoms with Gasteiger partial charge < -0.3 is 20.0 Å². The minimum absolute atomic E-state index is 0.00442. The highest BCUT2D eigenvalue weighted by Crippen LogP contribution is 2.26. The molecule has 206 valence electrons. The Kier molecular flexibility index (Phi) is 9.54. The second-order valence-corrected chi connectivity index (χ2v) is 12.5. The molecule has 4 rings (SSSR count). The summed E-state index contributed by atoms with van der Waals surface area (Å²) >= 11 is 7.61. The van der Waals surface area contributed by atoms with Gasteiger partial charge in [0.05, 0.1) is 5.75 Å². The highest BCUT2D eigenvalue weighted by molar-refractivity contribution is 7.99. The first kappa shape index (κ1) is 28.6. The van der Waals surface area contributed by atoms with Gasteiger partial charge in [0.1, 0.15) is 11.0 Å². The lowest BCUT2D eigenvalue weighted by Crippen LogP contribution is -2.54. The molecule has 1 aromatic carbocycles. The molecule has 2 aromatic rings. The third-order valence-corrected chi connectivity index (χ3v) is 8.19. The summed E-state index contributed by atoms with van der Waals surface area (Å²) in [7, 11) is 0. The van der Waals surface area contributed by atoms with Gasteiger partial charge in [0.2, 0.25) is 5.91 Å². The van der Waals surface area contributed by atoms with E-state index in [-0.39, 0.29) is 29.0 Å². The van der Waals surface area contributed by atoms with Crippen LogP contribution in [0.3, 0.4) is 0 Å². The van der Waals surface area contributed by atoms with Crippen molar-refractivity contribution in [3.8, 4) is 0 Å². The fourth-order valence-electron chi connectivity index (χ4n) is 4.90. The van der Waals surface area contributed by atoms with Gasteiger partial charge in [-0.2, -0.15) is 0 Å². The average Bonchev–Trinajstić information content (AvgIpc) is 3.40. The number of nitrogens with zero attached hydrogens (tertiary/aromatic N) is 5. The van der Waals surface area contributed by atoms with Gasteiger partial charge in [-0.3, -0.25) is 9.59 Å². The van der Waals surface area contributed by atoms with Crippen molar-refractivity contribution >= 4 is 41.0 Å². The highest BCUT2D eigenvalue weighted by Gasteiger charge is 2.29. The number of thioether (sulfide) groups is 1. The molecule has 0 aliphatic carbocycles. The van der Waals surface area contributed by atoms with E-state index in [4.69, 9.17) is 11.6 Å². The third kappa shape index (κ3) is 7.61. The maximum Gasteiger partial charge on any atom is 0.254 e. The molecule has 3 heterocycles. The molecule has 0 saturated carbocycles. The van der Waals surface area contributed by atoms with Crippen molar-refractivity contribution in [2.24, 2.45) is 0 Å². The third-order valence-electron chi connectivity index (χ3n) is 7.15. The molecule has 0 bridgehead atoms. The van der Waals surface area contributed by atoms with Gasteiger partial charge in [0, 0.05) is 50.4 Å². The van der Waals surface area contributed by atoms with Crippen LogP contribution in [0.2, 0.25) is 5.15 Å². The standard InChI is InChI=1S/C28H39ClN6O2S/c1-20-18-34(15-16-35(20)26(37)21-7-9-22(10-8-21)28(2,3)4)24-17-23(29)31-27(32-24)38-19-25(36)30-11-14-33-12-5-6-13-33/h7-10,17,20H,5-6,11-16,18-19H2,1-4H3,(H,30,36). The van der Waals surface area contributed by atoms with Crippen LogP contribution in [0.25, 0.3) is 0 Å². The zero-order valence-corrected chi connectivity index (χ0v) is 24.4. The van der Waals surface area contributed by atoms with Crippen molar-refractivity contribution in [3.63, 3.8) is 0 Å². The molecule has 1 atom stereocenters. The van der Waals surface area contributed by atoms with Gasteiger partial charge in [0.25, 0.3) is 5.91 Å². The predicted octanol–water partition coefficient (Wildman–Crippen LogP) is 4.08. The van der Waals surface area contributed by atoms with Crippen molar-refractivity contribution < 1.29 is 9.59 Å². The minimum Gasteiger partial charge on any atom is -0.354 e. The van der Waals surface area contributed by atoms with Gasteiger partial charge in [0.15, 0.2) is 5.16 Å². The molecule has 2 fully saturated rings. The number of halogens is 1. The monoisotopic (exact) mass is 558 g/mol. The van der Waals surface area contributed by atoms with Crippen LogP contribution >= 0.6 is 23.4 Å². The molecule has 38 heavy (non-hydrogen) atoms. The van der Waals surface area contributed by atoms with E-state index in [2.05, 4.69) is 52.8 Å². The van der Waals surface area contributed by atoms with Crippen LogP contribution in [0, 0.1) is 0 Å². The second-order valence-electron chi connectivity index (χ2n) is 11.1. The van der Waals surface area contributed by atoms with E-state index < -0.39 is 0 Å². The Labute approximate surface area is 235 Å². The first-order chi connectivity index (χ1) is 18.1. The van der Waals surface area contributed by atoms with Crippen LogP contribution in [0.1, 0.15) is 56.5 Å². The Balaban J connectivity index is 1.30. The zero-order valence-electron chi connectivity index (χ0n) is 22.9. The molecule has 10 heteroatoms. The number of carbonyl (C=O) groups excluding carboxylic acids is 2. The molecule has 8 nitrogen and oxygen atoms in total. The highest BCUT2D eigenvalue weighted by atomic mass is 35.5. The van der Waals surface area contributed by atoms with Gasteiger partial charge in [-0.1, -0.05) is 56.3 Å². The predicted molar refractivity (Wildman–Crippen MR) is 154 cm³/mol. The fourth-order valence-corrected chi connectivity index (χ4v) is 5.81. The molecule has 1 N–H and O–H groups in total. The second kappa shape index (κ2) is 12.7. The molecule has 1 unspecified atom stereocenters. The summed E-state index contributed by atoms with van der Waals surface area (Å²) in [4.78, 5) is 40.9. The lowest BCUT2D eigenvalue weighted by Gasteiger charge is -2.40. The van der Waals surface area contributed by atoms with Crippen LogP contribution in [0.5, 0.6) is 0 Å². The van der Waals surface area contributed by atoms with Crippen LogP contribution < -0.4 is 10.2 Å². The van der Waals surface area contributed by atoms with E-state index in [1.807, 2.05) is 29.2 Å². The Morgan fingerprint density at radius 1 is 1.08 bits per heavy atom. The molecular weight excluding hydrogens is 520 g/mol. The Hall–Kier alpha value is -2.36. The number of rotatable bonds is 8. The number of benzene rings is 1. The summed E-state index contributed by atoms with van der Waals surface area (Å²) in [6, 6.07) is 9.70. The van der Waals surface area contributed by atoms with E-state index in [9.17, 15) is 9.59 Å².